The Kier molecular flexibility index (Phi) is 6.40. The van der Waals surface area contributed by atoms with E-state index >= 15 is 0 Å². The summed E-state index contributed by atoms with van der Waals surface area (Å²) < 4.78 is 9.38. The Morgan fingerprint density at radius 3 is 2.54 bits per heavy atom. The minimum atomic E-state index is -0.368. The summed E-state index contributed by atoms with van der Waals surface area (Å²) in [6.07, 6.45) is 9.06. The van der Waals surface area contributed by atoms with Crippen molar-refractivity contribution < 1.29 is 9.53 Å². The standard InChI is InChI=1S/C29H22ClN7O2/c1-39-25-8-3-2-7-23(25)26-31-14-16-37(26)28-27-32-13-15-36(27)18-24(35-28)19-5-4-6-22(17-19)34-29(38)33-21-11-9-20(30)10-12-21/h2-18H,1H3,(H2,33,34,38). The van der Waals surface area contributed by atoms with Crippen molar-refractivity contribution in [2.45, 2.75) is 0 Å². The van der Waals surface area contributed by atoms with E-state index < -0.39 is 0 Å². The van der Waals surface area contributed by atoms with Crippen molar-refractivity contribution in [3.63, 3.8) is 0 Å². The van der Waals surface area contributed by atoms with Crippen molar-refractivity contribution in [2.75, 3.05) is 17.7 Å². The molecule has 0 aliphatic heterocycles. The summed E-state index contributed by atoms with van der Waals surface area (Å²) in [7, 11) is 1.63. The number of anilines is 2. The van der Waals surface area contributed by atoms with Gasteiger partial charge >= 0.3 is 6.03 Å². The molecule has 39 heavy (non-hydrogen) atoms. The first-order valence-corrected chi connectivity index (χ1v) is 12.4. The number of carbonyl (C=O) groups is 1. The fraction of sp³-hybridized carbons (Fsp3) is 0.0345. The summed E-state index contributed by atoms with van der Waals surface area (Å²) in [6, 6.07) is 21.7. The number of methoxy groups -OCH3 is 1. The Balaban J connectivity index is 1.35. The number of nitrogens with one attached hydrogen (secondary N) is 2. The van der Waals surface area contributed by atoms with Gasteiger partial charge in [-0.15, -0.1) is 0 Å². The third-order valence-electron chi connectivity index (χ3n) is 6.09. The fourth-order valence-electron chi connectivity index (χ4n) is 4.30. The quantitative estimate of drug-likeness (QED) is 0.252. The van der Waals surface area contributed by atoms with Gasteiger partial charge in [-0.2, -0.15) is 0 Å². The van der Waals surface area contributed by atoms with Gasteiger partial charge in [0.15, 0.2) is 11.5 Å². The van der Waals surface area contributed by atoms with E-state index in [1.807, 2.05) is 76.1 Å². The lowest BCUT2D eigenvalue weighted by Crippen LogP contribution is -2.19. The topological polar surface area (TPSA) is 98.4 Å². The molecule has 3 aromatic carbocycles. The van der Waals surface area contributed by atoms with Crippen LogP contribution >= 0.6 is 11.6 Å². The molecule has 6 rings (SSSR count). The number of rotatable bonds is 6. The van der Waals surface area contributed by atoms with Crippen LogP contribution in [0.3, 0.4) is 0 Å². The Morgan fingerprint density at radius 1 is 0.897 bits per heavy atom. The molecule has 0 radical (unpaired) electrons. The molecule has 3 aromatic heterocycles. The van der Waals surface area contributed by atoms with Crippen molar-refractivity contribution in [1.29, 1.82) is 0 Å². The number of urea groups is 1. The van der Waals surface area contributed by atoms with Gasteiger partial charge in [-0.25, -0.2) is 19.7 Å². The van der Waals surface area contributed by atoms with Gasteiger partial charge in [0.25, 0.3) is 0 Å². The maximum atomic E-state index is 12.6. The smallest absolute Gasteiger partial charge is 0.323 e. The van der Waals surface area contributed by atoms with Gasteiger partial charge in [-0.1, -0.05) is 35.9 Å². The number of halogens is 1. The first-order valence-electron chi connectivity index (χ1n) is 12.0. The maximum Gasteiger partial charge on any atom is 0.323 e. The second kappa shape index (κ2) is 10.3. The molecular weight excluding hydrogens is 514 g/mol. The molecule has 0 atom stereocenters. The number of ether oxygens (including phenoxy) is 1. The molecule has 2 N–H and O–H groups in total. The molecule has 0 aliphatic carbocycles. The van der Waals surface area contributed by atoms with Crippen LogP contribution in [-0.4, -0.2) is 37.1 Å². The molecule has 10 heteroatoms. The number of hydrogen-bond acceptors (Lipinski definition) is 5. The molecule has 0 bridgehead atoms. The van der Waals surface area contributed by atoms with E-state index in [2.05, 4.69) is 20.6 Å². The van der Waals surface area contributed by atoms with Gasteiger partial charge in [0.1, 0.15) is 11.6 Å². The van der Waals surface area contributed by atoms with Crippen LogP contribution in [0, 0.1) is 0 Å². The summed E-state index contributed by atoms with van der Waals surface area (Å²) in [5, 5.41) is 6.27. The summed E-state index contributed by atoms with van der Waals surface area (Å²) in [4.78, 5) is 26.7. The number of nitrogens with zero attached hydrogens (tertiary/aromatic N) is 5. The number of hydrogen-bond donors (Lipinski definition) is 2. The Bertz CT molecular complexity index is 1790. The van der Waals surface area contributed by atoms with Gasteiger partial charge in [0.2, 0.25) is 0 Å². The van der Waals surface area contributed by atoms with Crippen molar-refractivity contribution >= 4 is 34.7 Å². The zero-order valence-electron chi connectivity index (χ0n) is 20.7. The van der Waals surface area contributed by atoms with E-state index in [1.165, 1.54) is 0 Å². The Labute approximate surface area is 228 Å². The highest BCUT2D eigenvalue weighted by Crippen LogP contribution is 2.31. The van der Waals surface area contributed by atoms with Crippen LogP contribution in [-0.2, 0) is 0 Å². The minimum Gasteiger partial charge on any atom is -0.496 e. The first-order chi connectivity index (χ1) is 19.1. The second-order valence-electron chi connectivity index (χ2n) is 8.60. The molecule has 0 aliphatic rings. The van der Waals surface area contributed by atoms with Crippen LogP contribution in [0.25, 0.3) is 34.1 Å². The molecule has 0 saturated heterocycles. The largest absolute Gasteiger partial charge is 0.496 e. The molecule has 0 fully saturated rings. The third-order valence-corrected chi connectivity index (χ3v) is 6.34. The molecule has 0 spiro atoms. The number of carbonyl (C=O) groups excluding carboxylic acids is 1. The number of para-hydroxylation sites is 1. The molecular formula is C29H22ClN7O2. The zero-order chi connectivity index (χ0) is 26.8. The van der Waals surface area contributed by atoms with E-state index in [0.717, 1.165) is 11.1 Å². The molecule has 9 nitrogen and oxygen atoms in total. The third kappa shape index (κ3) is 4.90. The lowest BCUT2D eigenvalue weighted by atomic mass is 10.1. The van der Waals surface area contributed by atoms with Crippen LogP contribution in [0.2, 0.25) is 5.02 Å². The maximum absolute atomic E-state index is 12.6. The average molecular weight is 536 g/mol. The second-order valence-corrected chi connectivity index (χ2v) is 9.03. The van der Waals surface area contributed by atoms with E-state index in [9.17, 15) is 4.79 Å². The zero-order valence-corrected chi connectivity index (χ0v) is 21.5. The van der Waals surface area contributed by atoms with Crippen LogP contribution in [0.5, 0.6) is 5.75 Å². The Hall–Kier alpha value is -5.15. The lowest BCUT2D eigenvalue weighted by molar-refractivity contribution is 0.262. The highest BCUT2D eigenvalue weighted by Gasteiger charge is 2.18. The molecule has 0 unspecified atom stereocenters. The minimum absolute atomic E-state index is 0.368. The number of amides is 2. The average Bonchev–Trinajstić information content (AvgIpc) is 3.64. The van der Waals surface area contributed by atoms with Gasteiger partial charge in [-0.05, 0) is 48.5 Å². The van der Waals surface area contributed by atoms with Crippen LogP contribution < -0.4 is 15.4 Å². The van der Waals surface area contributed by atoms with Crippen molar-refractivity contribution in [3.05, 3.63) is 109 Å². The van der Waals surface area contributed by atoms with E-state index in [4.69, 9.17) is 21.3 Å². The molecule has 0 saturated carbocycles. The normalized spacial score (nSPS) is 10.9. The van der Waals surface area contributed by atoms with Gasteiger partial charge < -0.3 is 19.8 Å². The highest BCUT2D eigenvalue weighted by molar-refractivity contribution is 6.30. The predicted molar refractivity (Wildman–Crippen MR) is 152 cm³/mol. The number of aromatic nitrogens is 5. The molecule has 2 amide bonds. The van der Waals surface area contributed by atoms with Gasteiger partial charge in [0, 0.05) is 52.9 Å². The van der Waals surface area contributed by atoms with Crippen molar-refractivity contribution in [3.8, 4) is 34.2 Å². The van der Waals surface area contributed by atoms with Gasteiger partial charge in [-0.3, -0.25) is 4.57 Å². The van der Waals surface area contributed by atoms with Crippen LogP contribution in [0.1, 0.15) is 0 Å². The Morgan fingerprint density at radius 2 is 1.69 bits per heavy atom. The van der Waals surface area contributed by atoms with E-state index in [-0.39, 0.29) is 6.03 Å². The highest BCUT2D eigenvalue weighted by atomic mass is 35.5. The summed E-state index contributed by atoms with van der Waals surface area (Å²) in [6.45, 7) is 0. The summed E-state index contributed by atoms with van der Waals surface area (Å²) in [5.41, 5.74) is 4.26. The predicted octanol–water partition coefficient (Wildman–Crippen LogP) is 6.56. The SMILES string of the molecule is COc1ccccc1-c1nccn1-c1nc(-c2cccc(NC(=O)Nc3ccc(Cl)cc3)c2)cn2ccnc12. The summed E-state index contributed by atoms with van der Waals surface area (Å²) >= 11 is 5.93. The van der Waals surface area contributed by atoms with Crippen LogP contribution in [0.4, 0.5) is 16.2 Å². The molecule has 192 valence electrons. The first kappa shape index (κ1) is 24.2. The van der Waals surface area contributed by atoms with Crippen molar-refractivity contribution in [2.24, 2.45) is 0 Å². The number of imidazole rings is 2. The monoisotopic (exact) mass is 535 g/mol. The van der Waals surface area contributed by atoms with Crippen LogP contribution in [0.15, 0.2) is 104 Å². The number of benzene rings is 3. The number of fused-ring (bicyclic) bond motifs is 1. The van der Waals surface area contributed by atoms with E-state index in [1.54, 1.807) is 43.8 Å². The molecule has 6 aromatic rings. The molecule has 3 heterocycles. The van der Waals surface area contributed by atoms with E-state index in [0.29, 0.717) is 45.1 Å². The van der Waals surface area contributed by atoms with Gasteiger partial charge in [0.05, 0.1) is 18.4 Å². The summed E-state index contributed by atoms with van der Waals surface area (Å²) in [5.74, 6) is 1.99. The van der Waals surface area contributed by atoms with Crippen molar-refractivity contribution in [1.82, 2.24) is 23.9 Å². The fourth-order valence-corrected chi connectivity index (χ4v) is 4.43. The lowest BCUT2D eigenvalue weighted by Gasteiger charge is -2.13.